The summed E-state index contributed by atoms with van der Waals surface area (Å²) in [5.74, 6) is 0.0457. The number of halogens is 3. The van der Waals surface area contributed by atoms with Crippen LogP contribution in [0.4, 0.5) is 5.69 Å². The average Bonchev–Trinajstić information content (AvgIpc) is 3.15. The number of rotatable bonds is 9. The van der Waals surface area contributed by atoms with E-state index in [1.165, 1.54) is 23.9 Å². The van der Waals surface area contributed by atoms with Gasteiger partial charge in [-0.15, -0.1) is 16.8 Å². The number of thioether (sulfide) groups is 1. The molecule has 2 aromatic carbocycles. The van der Waals surface area contributed by atoms with Crippen molar-refractivity contribution in [2.45, 2.75) is 25.2 Å². The highest BCUT2D eigenvalue weighted by atomic mass is 35.5. The zero-order valence-electron chi connectivity index (χ0n) is 17.6. The summed E-state index contributed by atoms with van der Waals surface area (Å²) in [5.41, 5.74) is 1.92. The number of aromatic nitrogens is 3. The van der Waals surface area contributed by atoms with Gasteiger partial charge in [0.1, 0.15) is 0 Å². The first kappa shape index (κ1) is 25.1. The van der Waals surface area contributed by atoms with Crippen LogP contribution in [0.3, 0.4) is 0 Å². The zero-order valence-corrected chi connectivity index (χ0v) is 20.7. The third kappa shape index (κ3) is 6.74. The second-order valence-electron chi connectivity index (χ2n) is 6.93. The van der Waals surface area contributed by atoms with Gasteiger partial charge in [-0.05, 0) is 31.2 Å². The Morgan fingerprint density at radius 3 is 2.42 bits per heavy atom. The lowest BCUT2D eigenvalue weighted by atomic mass is 10.1. The van der Waals surface area contributed by atoms with Crippen LogP contribution in [0.5, 0.6) is 0 Å². The van der Waals surface area contributed by atoms with Crippen LogP contribution in [0.15, 0.2) is 54.2 Å². The molecule has 1 aromatic heterocycles. The van der Waals surface area contributed by atoms with E-state index in [-0.39, 0.29) is 34.2 Å². The van der Waals surface area contributed by atoms with E-state index in [4.69, 9.17) is 34.8 Å². The molecule has 0 bridgehead atoms. The minimum absolute atomic E-state index is 0.0420. The summed E-state index contributed by atoms with van der Waals surface area (Å²) >= 11 is 19.3. The highest BCUT2D eigenvalue weighted by Crippen LogP contribution is 2.33. The molecule has 0 atom stereocenters. The Hall–Kier alpha value is -2.52. The Bertz CT molecular complexity index is 1160. The van der Waals surface area contributed by atoms with Gasteiger partial charge in [0.15, 0.2) is 11.0 Å². The van der Waals surface area contributed by atoms with Gasteiger partial charge in [0.2, 0.25) is 5.91 Å². The van der Waals surface area contributed by atoms with Crippen LogP contribution >= 0.6 is 46.6 Å². The van der Waals surface area contributed by atoms with E-state index in [1.54, 1.807) is 22.8 Å². The van der Waals surface area contributed by atoms with E-state index < -0.39 is 0 Å². The second kappa shape index (κ2) is 11.6. The van der Waals surface area contributed by atoms with E-state index >= 15 is 0 Å². The molecular formula is C22H20Cl3N5O2S. The summed E-state index contributed by atoms with van der Waals surface area (Å²) in [6.07, 6.45) is 1.69. The Labute approximate surface area is 210 Å². The van der Waals surface area contributed by atoms with E-state index in [0.717, 1.165) is 5.56 Å². The Kier molecular flexibility index (Phi) is 8.80. The van der Waals surface area contributed by atoms with Crippen LogP contribution in [-0.4, -0.2) is 32.3 Å². The number of allylic oxidation sites excluding steroid dienone is 1. The first-order chi connectivity index (χ1) is 15.8. The molecular weight excluding hydrogens is 505 g/mol. The normalized spacial score (nSPS) is 10.7. The lowest BCUT2D eigenvalue weighted by Gasteiger charge is -2.11. The van der Waals surface area contributed by atoms with E-state index in [1.807, 2.05) is 19.1 Å². The molecule has 0 radical (unpaired) electrons. The Morgan fingerprint density at radius 1 is 1.12 bits per heavy atom. The molecule has 0 aliphatic rings. The van der Waals surface area contributed by atoms with Crippen molar-refractivity contribution in [3.05, 3.63) is 81.1 Å². The van der Waals surface area contributed by atoms with Gasteiger partial charge in [0, 0.05) is 17.1 Å². The summed E-state index contributed by atoms with van der Waals surface area (Å²) in [5, 5.41) is 15.2. The van der Waals surface area contributed by atoms with Crippen molar-refractivity contribution in [3.63, 3.8) is 0 Å². The summed E-state index contributed by atoms with van der Waals surface area (Å²) in [6.45, 7) is 6.30. The topological polar surface area (TPSA) is 88.9 Å². The average molecular weight is 525 g/mol. The van der Waals surface area contributed by atoms with Crippen LogP contribution in [-0.2, 0) is 17.9 Å². The molecule has 2 N–H and O–H groups in total. The molecule has 0 saturated heterocycles. The van der Waals surface area contributed by atoms with Crippen LogP contribution in [0.25, 0.3) is 0 Å². The number of carbonyl (C=O) groups is 2. The number of anilines is 1. The first-order valence-corrected chi connectivity index (χ1v) is 11.9. The van der Waals surface area contributed by atoms with E-state index in [2.05, 4.69) is 27.4 Å². The number of benzene rings is 2. The van der Waals surface area contributed by atoms with Gasteiger partial charge < -0.3 is 15.2 Å². The number of nitrogens with zero attached hydrogens (tertiary/aromatic N) is 3. The third-order valence-electron chi connectivity index (χ3n) is 4.43. The van der Waals surface area contributed by atoms with Gasteiger partial charge >= 0.3 is 0 Å². The van der Waals surface area contributed by atoms with Gasteiger partial charge in [0.05, 0.1) is 28.0 Å². The quantitative estimate of drug-likeness (QED) is 0.289. The maximum absolute atomic E-state index is 12.4. The minimum atomic E-state index is -0.325. The fourth-order valence-corrected chi connectivity index (χ4v) is 4.48. The molecule has 0 spiro atoms. The maximum atomic E-state index is 12.4. The number of nitrogens with one attached hydrogen (secondary N) is 2. The van der Waals surface area contributed by atoms with Crippen LogP contribution in [0, 0.1) is 6.92 Å². The van der Waals surface area contributed by atoms with Gasteiger partial charge in [-0.1, -0.05) is 70.3 Å². The largest absolute Gasteiger partial charge is 0.345 e. The van der Waals surface area contributed by atoms with Gasteiger partial charge in [-0.3, -0.25) is 9.59 Å². The maximum Gasteiger partial charge on any atom is 0.251 e. The van der Waals surface area contributed by atoms with Crippen molar-refractivity contribution in [2.24, 2.45) is 0 Å². The SMILES string of the molecule is C=CCn1c(CNC(=O)c2ccc(C)cc2)nnc1SCC(=O)Nc1c(Cl)cc(Cl)cc1Cl. The lowest BCUT2D eigenvalue weighted by Crippen LogP contribution is -2.24. The van der Waals surface area contributed by atoms with E-state index in [9.17, 15) is 9.59 Å². The Morgan fingerprint density at radius 2 is 1.79 bits per heavy atom. The van der Waals surface area contributed by atoms with Crippen molar-refractivity contribution >= 4 is 64.1 Å². The molecule has 0 aliphatic heterocycles. The van der Waals surface area contributed by atoms with Gasteiger partial charge in [-0.25, -0.2) is 0 Å². The van der Waals surface area contributed by atoms with Crippen molar-refractivity contribution in [1.82, 2.24) is 20.1 Å². The van der Waals surface area contributed by atoms with Gasteiger partial charge in [0.25, 0.3) is 5.91 Å². The monoisotopic (exact) mass is 523 g/mol. The summed E-state index contributed by atoms with van der Waals surface area (Å²) in [4.78, 5) is 24.8. The number of aryl methyl sites for hydroxylation is 1. The number of amides is 2. The predicted molar refractivity (Wildman–Crippen MR) is 133 cm³/mol. The van der Waals surface area contributed by atoms with Gasteiger partial charge in [-0.2, -0.15) is 0 Å². The molecule has 7 nitrogen and oxygen atoms in total. The molecule has 1 heterocycles. The lowest BCUT2D eigenvalue weighted by molar-refractivity contribution is -0.113. The van der Waals surface area contributed by atoms with Crippen LogP contribution in [0.1, 0.15) is 21.7 Å². The van der Waals surface area contributed by atoms with Crippen LogP contribution in [0.2, 0.25) is 15.1 Å². The molecule has 33 heavy (non-hydrogen) atoms. The molecule has 0 saturated carbocycles. The van der Waals surface area contributed by atoms with Crippen molar-refractivity contribution in [2.75, 3.05) is 11.1 Å². The third-order valence-corrected chi connectivity index (χ3v) is 6.21. The molecule has 3 rings (SSSR count). The summed E-state index contributed by atoms with van der Waals surface area (Å²) in [6, 6.07) is 10.3. The first-order valence-electron chi connectivity index (χ1n) is 9.73. The van der Waals surface area contributed by atoms with E-state index in [0.29, 0.717) is 33.8 Å². The van der Waals surface area contributed by atoms with Crippen molar-refractivity contribution in [1.29, 1.82) is 0 Å². The molecule has 172 valence electrons. The highest BCUT2D eigenvalue weighted by molar-refractivity contribution is 7.99. The fraction of sp³-hybridized carbons (Fsp3) is 0.182. The fourth-order valence-electron chi connectivity index (χ4n) is 2.80. The molecule has 0 aliphatic carbocycles. The number of carbonyl (C=O) groups excluding carboxylic acids is 2. The predicted octanol–water partition coefficient (Wildman–Crippen LogP) is 5.39. The molecule has 3 aromatic rings. The van der Waals surface area contributed by atoms with Crippen LogP contribution < -0.4 is 10.6 Å². The molecule has 0 unspecified atom stereocenters. The number of hydrogen-bond donors (Lipinski definition) is 2. The molecule has 11 heteroatoms. The van der Waals surface area contributed by atoms with Crippen molar-refractivity contribution < 1.29 is 9.59 Å². The standard InChI is InChI=1S/C22H20Cl3N5O2S/c1-3-8-30-18(11-26-21(32)14-6-4-13(2)5-7-14)28-29-22(30)33-12-19(31)27-20-16(24)9-15(23)10-17(20)25/h3-7,9-10H,1,8,11-12H2,2H3,(H,26,32)(H,27,31). The Balaban J connectivity index is 1.63. The minimum Gasteiger partial charge on any atom is -0.345 e. The zero-order chi connectivity index (χ0) is 24.0. The highest BCUT2D eigenvalue weighted by Gasteiger charge is 2.16. The second-order valence-corrected chi connectivity index (χ2v) is 9.12. The smallest absolute Gasteiger partial charge is 0.251 e. The summed E-state index contributed by atoms with van der Waals surface area (Å²) < 4.78 is 1.78. The van der Waals surface area contributed by atoms with Crippen molar-refractivity contribution in [3.8, 4) is 0 Å². The molecule has 0 fully saturated rings. The number of hydrogen-bond acceptors (Lipinski definition) is 5. The molecule has 2 amide bonds. The summed E-state index contributed by atoms with van der Waals surface area (Å²) in [7, 11) is 0.